The highest BCUT2D eigenvalue weighted by Crippen LogP contribution is 2.25. The molecule has 29 heavy (non-hydrogen) atoms. The molecular weight excluding hydrogens is 386 g/mol. The molecule has 0 bridgehead atoms. The second-order valence-corrected chi connectivity index (χ2v) is 7.14. The van der Waals surface area contributed by atoms with Crippen molar-refractivity contribution in [2.75, 3.05) is 5.32 Å². The van der Waals surface area contributed by atoms with Crippen molar-refractivity contribution in [3.05, 3.63) is 78.5 Å². The molecule has 5 aromatic rings. The third-order valence-corrected chi connectivity index (χ3v) is 5.21. The first-order valence-corrected chi connectivity index (χ1v) is 9.52. The Morgan fingerprint density at radius 2 is 1.79 bits per heavy atom. The van der Waals surface area contributed by atoms with Gasteiger partial charge in [0, 0.05) is 18.0 Å². The molecule has 0 unspecified atom stereocenters. The van der Waals surface area contributed by atoms with E-state index in [0.29, 0.717) is 16.4 Å². The number of para-hydroxylation sites is 2. The molecule has 0 saturated carbocycles. The molecule has 0 aliphatic heterocycles. The number of amides is 1. The van der Waals surface area contributed by atoms with Crippen LogP contribution in [0.4, 0.5) is 5.69 Å². The average Bonchev–Trinajstić information content (AvgIpc) is 3.44. The Bertz CT molecular complexity index is 1310. The number of hydrogen-bond donors (Lipinski definition) is 1. The summed E-state index contributed by atoms with van der Waals surface area (Å²) < 4.78 is 1.57. The van der Waals surface area contributed by atoms with E-state index in [1.807, 2.05) is 36.4 Å². The van der Waals surface area contributed by atoms with Gasteiger partial charge in [0.05, 0.1) is 41.5 Å². The van der Waals surface area contributed by atoms with Crippen LogP contribution in [-0.2, 0) is 0 Å². The molecule has 9 heteroatoms. The predicted octanol–water partition coefficient (Wildman–Crippen LogP) is 3.59. The third-order valence-electron chi connectivity index (χ3n) is 4.17. The fraction of sp³-hybridized carbons (Fsp3) is 0. The van der Waals surface area contributed by atoms with Crippen LogP contribution in [0.1, 0.15) is 9.67 Å². The first-order chi connectivity index (χ1) is 14.3. The summed E-state index contributed by atoms with van der Waals surface area (Å²) in [5.74, 6) is 0.328. The van der Waals surface area contributed by atoms with Crippen LogP contribution < -0.4 is 5.32 Å². The zero-order valence-electron chi connectivity index (χ0n) is 14.9. The maximum Gasteiger partial charge on any atom is 0.267 e. The molecule has 0 atom stereocenters. The highest BCUT2D eigenvalue weighted by Gasteiger charge is 2.13. The van der Waals surface area contributed by atoms with E-state index >= 15 is 0 Å². The Morgan fingerprint density at radius 1 is 0.966 bits per heavy atom. The second-order valence-electron chi connectivity index (χ2n) is 6.11. The number of benzene rings is 1. The van der Waals surface area contributed by atoms with Crippen LogP contribution in [0, 0.1) is 0 Å². The highest BCUT2D eigenvalue weighted by molar-refractivity contribution is 7.17. The fourth-order valence-electron chi connectivity index (χ4n) is 2.77. The highest BCUT2D eigenvalue weighted by atomic mass is 32.1. The van der Waals surface area contributed by atoms with Crippen LogP contribution in [0.15, 0.2) is 73.6 Å². The molecule has 0 fully saturated rings. The van der Waals surface area contributed by atoms with Gasteiger partial charge >= 0.3 is 0 Å². The molecule has 4 heterocycles. The predicted molar refractivity (Wildman–Crippen MR) is 110 cm³/mol. The summed E-state index contributed by atoms with van der Waals surface area (Å²) in [5.41, 5.74) is 3.07. The van der Waals surface area contributed by atoms with E-state index in [0.717, 1.165) is 21.6 Å². The molecule has 140 valence electrons. The van der Waals surface area contributed by atoms with Crippen LogP contribution in [0.3, 0.4) is 0 Å². The molecule has 0 spiro atoms. The number of thiazole rings is 1. The number of carbonyl (C=O) groups excluding carboxylic acids is 1. The van der Waals surface area contributed by atoms with Crippen LogP contribution in [-0.4, -0.2) is 35.6 Å². The third kappa shape index (κ3) is 3.46. The summed E-state index contributed by atoms with van der Waals surface area (Å²) in [6, 6.07) is 11.3. The molecule has 0 aliphatic carbocycles. The summed E-state index contributed by atoms with van der Waals surface area (Å²) in [4.78, 5) is 30.3. The van der Waals surface area contributed by atoms with Gasteiger partial charge in [-0.05, 0) is 24.3 Å². The number of carbonyl (C=O) groups is 1. The number of anilines is 1. The lowest BCUT2D eigenvalue weighted by Crippen LogP contribution is -2.09. The van der Waals surface area contributed by atoms with E-state index in [1.165, 1.54) is 11.3 Å². The van der Waals surface area contributed by atoms with Gasteiger partial charge in [-0.2, -0.15) is 5.10 Å². The van der Waals surface area contributed by atoms with Crippen LogP contribution in [0.5, 0.6) is 0 Å². The summed E-state index contributed by atoms with van der Waals surface area (Å²) >= 11 is 1.32. The van der Waals surface area contributed by atoms with Crippen LogP contribution in [0.2, 0.25) is 0 Å². The average molecular weight is 399 g/mol. The van der Waals surface area contributed by atoms with Crippen molar-refractivity contribution in [1.82, 2.24) is 29.7 Å². The molecular formula is C20H13N7OS. The monoisotopic (exact) mass is 399 g/mol. The van der Waals surface area contributed by atoms with Crippen molar-refractivity contribution in [2.45, 2.75) is 0 Å². The molecule has 8 nitrogen and oxygen atoms in total. The maximum atomic E-state index is 12.6. The number of pyridine rings is 1. The lowest BCUT2D eigenvalue weighted by Gasteiger charge is -2.02. The van der Waals surface area contributed by atoms with E-state index in [4.69, 9.17) is 0 Å². The Labute approximate surface area is 168 Å². The first-order valence-electron chi connectivity index (χ1n) is 8.71. The summed E-state index contributed by atoms with van der Waals surface area (Å²) in [6.07, 6.45) is 9.86. The van der Waals surface area contributed by atoms with E-state index in [2.05, 4.69) is 30.4 Å². The Kier molecular flexibility index (Phi) is 4.26. The van der Waals surface area contributed by atoms with Gasteiger partial charge < -0.3 is 5.32 Å². The topological polar surface area (TPSA) is 98.5 Å². The normalized spacial score (nSPS) is 10.9. The van der Waals surface area contributed by atoms with E-state index in [1.54, 1.807) is 41.9 Å². The molecule has 0 saturated heterocycles. The number of nitrogens with zero attached hydrogens (tertiary/aromatic N) is 6. The molecule has 0 radical (unpaired) electrons. The zero-order valence-corrected chi connectivity index (χ0v) is 15.7. The van der Waals surface area contributed by atoms with E-state index < -0.39 is 0 Å². The Balaban J connectivity index is 1.34. The van der Waals surface area contributed by atoms with E-state index in [-0.39, 0.29) is 5.91 Å². The first kappa shape index (κ1) is 17.1. The van der Waals surface area contributed by atoms with Gasteiger partial charge in [0.2, 0.25) is 0 Å². The lowest BCUT2D eigenvalue weighted by atomic mass is 10.3. The summed E-state index contributed by atoms with van der Waals surface area (Å²) in [6.45, 7) is 0. The molecule has 1 aromatic carbocycles. The summed E-state index contributed by atoms with van der Waals surface area (Å²) in [7, 11) is 0. The Morgan fingerprint density at radius 3 is 2.66 bits per heavy atom. The number of nitrogens with one attached hydrogen (secondary N) is 1. The molecule has 0 aliphatic rings. The quantitative estimate of drug-likeness (QED) is 0.496. The summed E-state index contributed by atoms with van der Waals surface area (Å²) in [5, 5.41) is 7.87. The largest absolute Gasteiger partial charge is 0.319 e. The Hall–Kier alpha value is -3.98. The van der Waals surface area contributed by atoms with Crippen molar-refractivity contribution in [3.8, 4) is 16.4 Å². The minimum Gasteiger partial charge on any atom is -0.319 e. The van der Waals surface area contributed by atoms with Gasteiger partial charge in [-0.15, -0.1) is 11.3 Å². The number of aromatic nitrogens is 6. The number of hydrogen-bond acceptors (Lipinski definition) is 7. The van der Waals surface area contributed by atoms with Crippen LogP contribution >= 0.6 is 11.3 Å². The smallest absolute Gasteiger partial charge is 0.267 e. The van der Waals surface area contributed by atoms with Gasteiger partial charge in [0.15, 0.2) is 5.82 Å². The van der Waals surface area contributed by atoms with Crippen molar-refractivity contribution < 1.29 is 4.79 Å². The number of fused-ring (bicyclic) bond motifs is 1. The lowest BCUT2D eigenvalue weighted by molar-refractivity contribution is 0.103. The van der Waals surface area contributed by atoms with Crippen molar-refractivity contribution in [1.29, 1.82) is 0 Å². The standard InChI is InChI=1S/C20H13N7OS/c28-19(17-10-23-20(29-17)13-5-7-21-8-6-13)25-14-9-24-27(12-14)18-11-22-15-3-1-2-4-16(15)26-18/h1-12H,(H,25,28). The van der Waals surface area contributed by atoms with Crippen molar-refractivity contribution in [2.24, 2.45) is 0 Å². The van der Waals surface area contributed by atoms with Crippen molar-refractivity contribution in [3.63, 3.8) is 0 Å². The van der Waals surface area contributed by atoms with E-state index in [9.17, 15) is 4.79 Å². The van der Waals surface area contributed by atoms with Gasteiger partial charge in [-0.3, -0.25) is 14.8 Å². The molecule has 1 amide bonds. The van der Waals surface area contributed by atoms with Crippen molar-refractivity contribution >= 4 is 34.0 Å². The van der Waals surface area contributed by atoms with Crippen LogP contribution in [0.25, 0.3) is 27.4 Å². The maximum absolute atomic E-state index is 12.6. The SMILES string of the molecule is O=C(Nc1cnn(-c2cnc3ccccc3n2)c1)c1cnc(-c2ccncc2)s1. The van der Waals surface area contributed by atoms with Gasteiger partial charge in [-0.25, -0.2) is 14.6 Å². The minimum absolute atomic E-state index is 0.244. The van der Waals surface area contributed by atoms with Gasteiger partial charge in [-0.1, -0.05) is 12.1 Å². The molecule has 5 rings (SSSR count). The number of rotatable bonds is 4. The minimum atomic E-state index is -0.244. The zero-order chi connectivity index (χ0) is 19.6. The molecule has 1 N–H and O–H groups in total. The van der Waals surface area contributed by atoms with Gasteiger partial charge in [0.1, 0.15) is 9.88 Å². The molecule has 4 aromatic heterocycles. The second kappa shape index (κ2) is 7.21. The fourth-order valence-corrected chi connectivity index (χ4v) is 3.59. The van der Waals surface area contributed by atoms with Gasteiger partial charge in [0.25, 0.3) is 5.91 Å².